The summed E-state index contributed by atoms with van der Waals surface area (Å²) in [7, 11) is 0. The van der Waals surface area contributed by atoms with Gasteiger partial charge in [0, 0.05) is 16.0 Å². The molecule has 0 saturated carbocycles. The third kappa shape index (κ3) is 2.78. The first kappa shape index (κ1) is 14.1. The van der Waals surface area contributed by atoms with Crippen LogP contribution in [0.15, 0.2) is 35.6 Å². The molecule has 0 aliphatic carbocycles. The fraction of sp³-hybridized carbons (Fsp3) is 0.188. The number of hydrogen-bond acceptors (Lipinski definition) is 5. The van der Waals surface area contributed by atoms with Crippen molar-refractivity contribution in [3.8, 4) is 6.07 Å². The number of nitrogens with zero attached hydrogens (tertiary/aromatic N) is 3. The number of fused-ring (bicyclic) bond motifs is 1. The zero-order valence-electron chi connectivity index (χ0n) is 11.8. The zero-order valence-corrected chi connectivity index (χ0v) is 13.4. The molecule has 3 nitrogen and oxygen atoms in total. The Morgan fingerprint density at radius 3 is 2.67 bits per heavy atom. The zero-order chi connectivity index (χ0) is 14.8. The maximum Gasteiger partial charge on any atom is 0.128 e. The summed E-state index contributed by atoms with van der Waals surface area (Å²) >= 11 is 3.44. The van der Waals surface area contributed by atoms with E-state index in [1.165, 1.54) is 21.4 Å². The van der Waals surface area contributed by atoms with E-state index in [1.807, 2.05) is 24.3 Å². The monoisotopic (exact) mass is 311 g/mol. The standard InChI is InChI=1S/C16H13N3S2/c1-10-11(2)21-16-14(10)15(18-9-19-16)20-8-13-5-3-12(7-17)4-6-13/h3-6,9H,8H2,1-2H3. The highest BCUT2D eigenvalue weighted by atomic mass is 32.2. The Balaban J connectivity index is 1.86. The highest BCUT2D eigenvalue weighted by Gasteiger charge is 2.12. The fourth-order valence-electron chi connectivity index (χ4n) is 2.09. The second-order valence-corrected chi connectivity index (χ2v) is 6.91. The first-order valence-corrected chi connectivity index (χ1v) is 8.32. The van der Waals surface area contributed by atoms with Crippen LogP contribution in [0.1, 0.15) is 21.6 Å². The van der Waals surface area contributed by atoms with Crippen molar-refractivity contribution in [2.75, 3.05) is 0 Å². The van der Waals surface area contributed by atoms with Gasteiger partial charge in [-0.3, -0.25) is 0 Å². The molecule has 0 fully saturated rings. The van der Waals surface area contributed by atoms with Crippen molar-refractivity contribution >= 4 is 33.3 Å². The molecule has 0 radical (unpaired) electrons. The lowest BCUT2D eigenvalue weighted by molar-refractivity contribution is 1.10. The molecule has 3 rings (SSSR count). The van der Waals surface area contributed by atoms with Gasteiger partial charge in [0.2, 0.25) is 0 Å². The molecule has 0 aliphatic rings. The largest absolute Gasteiger partial charge is 0.229 e. The number of rotatable bonds is 3. The summed E-state index contributed by atoms with van der Waals surface area (Å²) < 4.78 is 0. The van der Waals surface area contributed by atoms with Gasteiger partial charge in [-0.2, -0.15) is 5.26 Å². The quantitative estimate of drug-likeness (QED) is 0.529. The van der Waals surface area contributed by atoms with Gasteiger partial charge in [-0.25, -0.2) is 9.97 Å². The van der Waals surface area contributed by atoms with E-state index < -0.39 is 0 Å². The Morgan fingerprint density at radius 2 is 1.95 bits per heavy atom. The van der Waals surface area contributed by atoms with E-state index in [0.717, 1.165) is 15.6 Å². The van der Waals surface area contributed by atoms with Crippen LogP contribution in [0.2, 0.25) is 0 Å². The van der Waals surface area contributed by atoms with E-state index in [9.17, 15) is 0 Å². The number of benzene rings is 1. The lowest BCUT2D eigenvalue weighted by Crippen LogP contribution is -1.87. The molecule has 104 valence electrons. The molecule has 0 spiro atoms. The average molecular weight is 311 g/mol. The van der Waals surface area contributed by atoms with Crippen molar-refractivity contribution in [1.29, 1.82) is 5.26 Å². The Bertz CT molecular complexity index is 829. The number of aryl methyl sites for hydroxylation is 2. The number of thiophene rings is 1. The van der Waals surface area contributed by atoms with Crippen LogP contribution in [0.4, 0.5) is 0 Å². The van der Waals surface area contributed by atoms with Gasteiger partial charge < -0.3 is 0 Å². The maximum atomic E-state index is 8.82. The minimum atomic E-state index is 0.692. The van der Waals surface area contributed by atoms with Gasteiger partial charge in [0.25, 0.3) is 0 Å². The summed E-state index contributed by atoms with van der Waals surface area (Å²) in [6.07, 6.45) is 1.64. The molecule has 2 aromatic heterocycles. The Kier molecular flexibility index (Phi) is 3.91. The number of thioether (sulfide) groups is 1. The summed E-state index contributed by atoms with van der Waals surface area (Å²) in [4.78, 5) is 11.1. The first-order chi connectivity index (χ1) is 10.2. The minimum absolute atomic E-state index is 0.692. The van der Waals surface area contributed by atoms with E-state index in [0.29, 0.717) is 5.56 Å². The molecular formula is C16H13N3S2. The van der Waals surface area contributed by atoms with Gasteiger partial charge in [0.05, 0.1) is 11.6 Å². The van der Waals surface area contributed by atoms with Gasteiger partial charge in [0.15, 0.2) is 0 Å². The van der Waals surface area contributed by atoms with Gasteiger partial charge >= 0.3 is 0 Å². The summed E-state index contributed by atoms with van der Waals surface area (Å²) in [5, 5.41) is 11.0. The normalized spacial score (nSPS) is 10.7. The molecule has 0 bridgehead atoms. The van der Waals surface area contributed by atoms with Crippen molar-refractivity contribution in [1.82, 2.24) is 9.97 Å². The van der Waals surface area contributed by atoms with E-state index >= 15 is 0 Å². The highest BCUT2D eigenvalue weighted by Crippen LogP contribution is 2.35. The van der Waals surface area contributed by atoms with E-state index in [2.05, 4.69) is 29.9 Å². The lowest BCUT2D eigenvalue weighted by atomic mass is 10.2. The van der Waals surface area contributed by atoms with E-state index in [-0.39, 0.29) is 0 Å². The van der Waals surface area contributed by atoms with Crippen LogP contribution in [0.3, 0.4) is 0 Å². The molecule has 0 aliphatic heterocycles. The van der Waals surface area contributed by atoms with Crippen molar-refractivity contribution in [3.05, 3.63) is 52.2 Å². The number of hydrogen-bond donors (Lipinski definition) is 0. The van der Waals surface area contributed by atoms with Crippen LogP contribution in [0, 0.1) is 25.2 Å². The van der Waals surface area contributed by atoms with Crippen LogP contribution in [0.5, 0.6) is 0 Å². The van der Waals surface area contributed by atoms with Gasteiger partial charge in [-0.1, -0.05) is 12.1 Å². The Hall–Kier alpha value is -1.90. The second-order valence-electron chi connectivity index (χ2n) is 4.74. The smallest absolute Gasteiger partial charge is 0.128 e. The SMILES string of the molecule is Cc1sc2ncnc(SCc3ccc(C#N)cc3)c2c1C. The molecule has 0 amide bonds. The predicted molar refractivity (Wildman–Crippen MR) is 87.6 cm³/mol. The summed E-state index contributed by atoms with van der Waals surface area (Å²) in [5.74, 6) is 0.839. The van der Waals surface area contributed by atoms with Crippen LogP contribution in [0.25, 0.3) is 10.2 Å². The topological polar surface area (TPSA) is 49.6 Å². The summed E-state index contributed by atoms with van der Waals surface area (Å²) in [6, 6.07) is 9.83. The Labute approximate surface area is 131 Å². The molecule has 2 heterocycles. The molecule has 3 aromatic rings. The molecule has 21 heavy (non-hydrogen) atoms. The van der Waals surface area contributed by atoms with Crippen molar-refractivity contribution in [3.63, 3.8) is 0 Å². The van der Waals surface area contributed by atoms with Gasteiger partial charge in [-0.05, 0) is 37.1 Å². The van der Waals surface area contributed by atoms with Crippen molar-refractivity contribution < 1.29 is 0 Å². The lowest BCUT2D eigenvalue weighted by Gasteiger charge is -2.04. The average Bonchev–Trinajstić information content (AvgIpc) is 2.81. The van der Waals surface area contributed by atoms with Crippen LogP contribution >= 0.6 is 23.1 Å². The van der Waals surface area contributed by atoms with E-state index in [4.69, 9.17) is 5.26 Å². The molecule has 1 aromatic carbocycles. The molecular weight excluding hydrogens is 298 g/mol. The minimum Gasteiger partial charge on any atom is -0.229 e. The maximum absolute atomic E-state index is 8.82. The summed E-state index contributed by atoms with van der Waals surface area (Å²) in [5.41, 5.74) is 3.16. The molecule has 0 unspecified atom stereocenters. The van der Waals surface area contributed by atoms with Crippen molar-refractivity contribution in [2.45, 2.75) is 24.6 Å². The van der Waals surface area contributed by atoms with Crippen LogP contribution in [-0.4, -0.2) is 9.97 Å². The Morgan fingerprint density at radius 1 is 1.19 bits per heavy atom. The third-order valence-electron chi connectivity index (χ3n) is 3.39. The fourth-order valence-corrected chi connectivity index (χ4v) is 4.16. The highest BCUT2D eigenvalue weighted by molar-refractivity contribution is 7.98. The molecule has 0 saturated heterocycles. The van der Waals surface area contributed by atoms with Gasteiger partial charge in [0.1, 0.15) is 16.2 Å². The number of aromatic nitrogens is 2. The van der Waals surface area contributed by atoms with E-state index in [1.54, 1.807) is 29.4 Å². The van der Waals surface area contributed by atoms with Crippen LogP contribution in [-0.2, 0) is 5.75 Å². The molecule has 0 atom stereocenters. The van der Waals surface area contributed by atoms with Gasteiger partial charge in [-0.15, -0.1) is 23.1 Å². The molecule has 5 heteroatoms. The van der Waals surface area contributed by atoms with Crippen LogP contribution < -0.4 is 0 Å². The molecule has 0 N–H and O–H groups in total. The van der Waals surface area contributed by atoms with Crippen molar-refractivity contribution in [2.24, 2.45) is 0 Å². The third-order valence-corrected chi connectivity index (χ3v) is 5.57. The summed E-state index contributed by atoms with van der Waals surface area (Å²) in [6.45, 7) is 4.25. The number of nitriles is 1. The first-order valence-electron chi connectivity index (χ1n) is 6.51. The predicted octanol–water partition coefficient (Wildman–Crippen LogP) is 4.47. The second kappa shape index (κ2) is 5.84.